The van der Waals surface area contributed by atoms with E-state index in [0.29, 0.717) is 11.8 Å². The largest absolute Gasteiger partial charge is 0.487 e. The number of hydrogen-bond acceptors (Lipinski definition) is 5. The van der Waals surface area contributed by atoms with E-state index in [1.54, 1.807) is 23.1 Å². The number of aromatic nitrogens is 5. The summed E-state index contributed by atoms with van der Waals surface area (Å²) in [7, 11) is 0. The first kappa shape index (κ1) is 12.6. The lowest BCUT2D eigenvalue weighted by Gasteiger charge is -2.06. The smallest absolute Gasteiger partial charge is 0.151 e. The third kappa shape index (κ3) is 2.92. The van der Waals surface area contributed by atoms with Gasteiger partial charge in [0.05, 0.1) is 5.69 Å². The van der Waals surface area contributed by atoms with Crippen molar-refractivity contribution in [3.63, 3.8) is 0 Å². The SMILES string of the molecule is Clc1ccc(COc2ccc(-n3cncn3)cc2)nn1. The predicted molar refractivity (Wildman–Crippen MR) is 72.7 cm³/mol. The Morgan fingerprint density at radius 3 is 2.55 bits per heavy atom. The molecule has 0 aliphatic carbocycles. The van der Waals surface area contributed by atoms with Gasteiger partial charge in [0.2, 0.25) is 0 Å². The molecule has 6 nitrogen and oxygen atoms in total. The van der Waals surface area contributed by atoms with Crippen LogP contribution in [0.3, 0.4) is 0 Å². The third-order valence-electron chi connectivity index (χ3n) is 2.59. The second kappa shape index (κ2) is 5.66. The zero-order valence-corrected chi connectivity index (χ0v) is 11.1. The van der Waals surface area contributed by atoms with Gasteiger partial charge in [-0.2, -0.15) is 10.2 Å². The third-order valence-corrected chi connectivity index (χ3v) is 2.80. The molecule has 7 heteroatoms. The van der Waals surface area contributed by atoms with Crippen LogP contribution in [0.25, 0.3) is 5.69 Å². The van der Waals surface area contributed by atoms with E-state index >= 15 is 0 Å². The molecule has 0 unspecified atom stereocenters. The first-order valence-corrected chi connectivity index (χ1v) is 6.25. The van der Waals surface area contributed by atoms with E-state index in [-0.39, 0.29) is 0 Å². The summed E-state index contributed by atoms with van der Waals surface area (Å²) < 4.78 is 7.29. The first-order chi connectivity index (χ1) is 9.81. The van der Waals surface area contributed by atoms with Crippen LogP contribution in [0.5, 0.6) is 5.75 Å². The molecule has 0 N–H and O–H groups in total. The van der Waals surface area contributed by atoms with E-state index in [4.69, 9.17) is 16.3 Å². The summed E-state index contributed by atoms with van der Waals surface area (Å²) in [5, 5.41) is 12.1. The fourth-order valence-corrected chi connectivity index (χ4v) is 1.72. The molecule has 3 rings (SSSR count). The molecule has 2 aromatic heterocycles. The Kier molecular flexibility index (Phi) is 3.56. The molecule has 0 saturated carbocycles. The lowest BCUT2D eigenvalue weighted by molar-refractivity contribution is 0.300. The fraction of sp³-hybridized carbons (Fsp3) is 0.0769. The predicted octanol–water partition coefficient (Wildman–Crippen LogP) is 2.29. The average molecular weight is 288 g/mol. The van der Waals surface area contributed by atoms with Gasteiger partial charge in [-0.05, 0) is 36.4 Å². The van der Waals surface area contributed by atoms with Gasteiger partial charge in [-0.1, -0.05) is 11.6 Å². The van der Waals surface area contributed by atoms with Crippen LogP contribution in [0.15, 0.2) is 49.1 Å². The van der Waals surface area contributed by atoms with Crippen LogP contribution >= 0.6 is 11.6 Å². The van der Waals surface area contributed by atoms with Crippen LogP contribution in [0, 0.1) is 0 Å². The highest BCUT2D eigenvalue weighted by molar-refractivity contribution is 6.29. The zero-order valence-electron chi connectivity index (χ0n) is 10.3. The molecule has 0 atom stereocenters. The van der Waals surface area contributed by atoms with Crippen molar-refractivity contribution >= 4 is 11.6 Å². The Bertz CT molecular complexity index is 667. The summed E-state index contributed by atoms with van der Waals surface area (Å²) >= 11 is 5.67. The summed E-state index contributed by atoms with van der Waals surface area (Å²) in [6, 6.07) is 11.0. The van der Waals surface area contributed by atoms with Crippen molar-refractivity contribution in [2.24, 2.45) is 0 Å². The highest BCUT2D eigenvalue weighted by atomic mass is 35.5. The lowest BCUT2D eigenvalue weighted by atomic mass is 10.3. The van der Waals surface area contributed by atoms with Gasteiger partial charge >= 0.3 is 0 Å². The summed E-state index contributed by atoms with van der Waals surface area (Å²) in [4.78, 5) is 3.90. The molecule has 0 spiro atoms. The summed E-state index contributed by atoms with van der Waals surface area (Å²) in [6.45, 7) is 0.340. The molecule has 100 valence electrons. The molecular formula is C13H10ClN5O. The second-order valence-electron chi connectivity index (χ2n) is 3.97. The molecular weight excluding hydrogens is 278 g/mol. The molecule has 0 aliphatic rings. The average Bonchev–Trinajstić information content (AvgIpc) is 3.01. The van der Waals surface area contributed by atoms with Gasteiger partial charge in [-0.15, -0.1) is 5.10 Å². The van der Waals surface area contributed by atoms with Crippen LogP contribution in [0.2, 0.25) is 5.15 Å². The van der Waals surface area contributed by atoms with E-state index in [2.05, 4.69) is 20.3 Å². The Morgan fingerprint density at radius 2 is 1.90 bits per heavy atom. The Hall–Kier alpha value is -2.47. The van der Waals surface area contributed by atoms with Crippen molar-refractivity contribution in [2.75, 3.05) is 0 Å². The van der Waals surface area contributed by atoms with Gasteiger partial charge in [-0.25, -0.2) is 9.67 Å². The van der Waals surface area contributed by atoms with Crippen molar-refractivity contribution in [1.29, 1.82) is 0 Å². The number of benzene rings is 1. The van der Waals surface area contributed by atoms with Gasteiger partial charge < -0.3 is 4.74 Å². The van der Waals surface area contributed by atoms with Crippen LogP contribution in [0.4, 0.5) is 0 Å². The number of halogens is 1. The highest BCUT2D eigenvalue weighted by Gasteiger charge is 2.00. The zero-order chi connectivity index (χ0) is 13.8. The lowest BCUT2D eigenvalue weighted by Crippen LogP contribution is -2.00. The molecule has 0 saturated heterocycles. The number of hydrogen-bond donors (Lipinski definition) is 0. The molecule has 0 aliphatic heterocycles. The highest BCUT2D eigenvalue weighted by Crippen LogP contribution is 2.15. The minimum atomic E-state index is 0.340. The maximum atomic E-state index is 5.67. The van der Waals surface area contributed by atoms with Crippen LogP contribution in [-0.2, 0) is 6.61 Å². The van der Waals surface area contributed by atoms with Crippen molar-refractivity contribution in [2.45, 2.75) is 6.61 Å². The van der Waals surface area contributed by atoms with Crippen LogP contribution in [-0.4, -0.2) is 25.0 Å². The number of nitrogens with zero attached hydrogens (tertiary/aromatic N) is 5. The topological polar surface area (TPSA) is 65.7 Å². The molecule has 1 aromatic carbocycles. The maximum absolute atomic E-state index is 5.67. The number of rotatable bonds is 4. The standard InChI is InChI=1S/C13H10ClN5O/c14-13-6-1-10(17-18-13)7-20-12-4-2-11(3-5-12)19-9-15-8-16-19/h1-6,8-9H,7H2. The summed E-state index contributed by atoms with van der Waals surface area (Å²) in [5.74, 6) is 0.741. The van der Waals surface area contributed by atoms with E-state index in [0.717, 1.165) is 17.1 Å². The summed E-state index contributed by atoms with van der Waals surface area (Å²) in [5.41, 5.74) is 1.64. The Labute approximate surface area is 120 Å². The van der Waals surface area contributed by atoms with E-state index < -0.39 is 0 Å². The molecule has 0 bridgehead atoms. The minimum absolute atomic E-state index is 0.340. The number of ether oxygens (including phenoxy) is 1. The first-order valence-electron chi connectivity index (χ1n) is 5.87. The molecule has 0 fully saturated rings. The van der Waals surface area contributed by atoms with Crippen molar-refractivity contribution < 1.29 is 4.74 Å². The van der Waals surface area contributed by atoms with Gasteiger partial charge in [-0.3, -0.25) is 0 Å². The van der Waals surface area contributed by atoms with E-state index in [1.807, 2.05) is 24.3 Å². The van der Waals surface area contributed by atoms with Crippen molar-refractivity contribution in [1.82, 2.24) is 25.0 Å². The normalized spacial score (nSPS) is 10.4. The molecule has 20 heavy (non-hydrogen) atoms. The Morgan fingerprint density at radius 1 is 1.05 bits per heavy atom. The van der Waals surface area contributed by atoms with E-state index in [1.165, 1.54) is 6.33 Å². The molecule has 2 heterocycles. The van der Waals surface area contributed by atoms with Gasteiger partial charge in [0.1, 0.15) is 30.7 Å². The van der Waals surface area contributed by atoms with Gasteiger partial charge in [0, 0.05) is 0 Å². The quantitative estimate of drug-likeness (QED) is 0.736. The molecule has 0 radical (unpaired) electrons. The van der Waals surface area contributed by atoms with Crippen LogP contribution in [0.1, 0.15) is 5.69 Å². The Balaban J connectivity index is 1.65. The van der Waals surface area contributed by atoms with Gasteiger partial charge in [0.25, 0.3) is 0 Å². The van der Waals surface area contributed by atoms with Crippen molar-refractivity contribution in [3.05, 3.63) is 59.9 Å². The fourth-order valence-electron chi connectivity index (χ4n) is 1.61. The maximum Gasteiger partial charge on any atom is 0.151 e. The van der Waals surface area contributed by atoms with E-state index in [9.17, 15) is 0 Å². The molecule has 3 aromatic rings. The van der Waals surface area contributed by atoms with Crippen molar-refractivity contribution in [3.8, 4) is 11.4 Å². The molecule has 0 amide bonds. The van der Waals surface area contributed by atoms with Gasteiger partial charge in [0.15, 0.2) is 5.15 Å². The van der Waals surface area contributed by atoms with Crippen LogP contribution < -0.4 is 4.74 Å². The minimum Gasteiger partial charge on any atom is -0.487 e. The monoisotopic (exact) mass is 287 g/mol. The second-order valence-corrected chi connectivity index (χ2v) is 4.36. The summed E-state index contributed by atoms with van der Waals surface area (Å²) in [6.07, 6.45) is 3.13.